The molecule has 7 heteroatoms. The minimum atomic E-state index is 0.0347. The number of pyridine rings is 1. The number of carbonyl (C=O) groups is 1. The summed E-state index contributed by atoms with van der Waals surface area (Å²) in [7, 11) is 1.58. The second-order valence-corrected chi connectivity index (χ2v) is 7.03. The maximum Gasteiger partial charge on any atom is 0.229 e. The average molecular weight is 355 g/mol. The van der Waals surface area contributed by atoms with Crippen molar-refractivity contribution in [2.24, 2.45) is 0 Å². The van der Waals surface area contributed by atoms with Crippen LogP contribution in [0.15, 0.2) is 18.2 Å². The Morgan fingerprint density at radius 2 is 2.12 bits per heavy atom. The summed E-state index contributed by atoms with van der Waals surface area (Å²) >= 11 is 0. The summed E-state index contributed by atoms with van der Waals surface area (Å²) in [6, 6.07) is 5.56. The van der Waals surface area contributed by atoms with Crippen molar-refractivity contribution in [3.05, 3.63) is 35.5 Å². The zero-order chi connectivity index (χ0) is 17.9. The Kier molecular flexibility index (Phi) is 4.86. The molecule has 0 saturated carbocycles. The fraction of sp³-hybridized carbons (Fsp3) is 0.579. The first-order valence-corrected chi connectivity index (χ1v) is 9.47. The number of carbonyl (C=O) groups excluding carboxylic acids is 1. The number of fused-ring (bicyclic) bond motifs is 1. The fourth-order valence-electron chi connectivity index (χ4n) is 4.01. The van der Waals surface area contributed by atoms with Crippen molar-refractivity contribution in [1.29, 1.82) is 0 Å². The van der Waals surface area contributed by atoms with Gasteiger partial charge < -0.3 is 14.2 Å². The van der Waals surface area contributed by atoms with Gasteiger partial charge >= 0.3 is 0 Å². The minimum Gasteiger partial charge on any atom is -0.481 e. The molecule has 4 heterocycles. The number of nitrogens with zero attached hydrogens (tertiary/aromatic N) is 5. The Bertz CT molecular complexity index is 788. The number of hydrogen-bond acceptors (Lipinski definition) is 5. The summed E-state index contributed by atoms with van der Waals surface area (Å²) < 4.78 is 7.42. The van der Waals surface area contributed by atoms with E-state index in [9.17, 15) is 4.79 Å². The molecular formula is C19H25N5O2. The lowest BCUT2D eigenvalue weighted by Gasteiger charge is -2.24. The Morgan fingerprint density at radius 1 is 1.19 bits per heavy atom. The van der Waals surface area contributed by atoms with Gasteiger partial charge in [-0.3, -0.25) is 4.79 Å². The highest BCUT2D eigenvalue weighted by atomic mass is 16.5. The Balaban J connectivity index is 1.53. The number of likely N-dealkylation sites (tertiary alicyclic amines) is 1. The van der Waals surface area contributed by atoms with Gasteiger partial charge in [0.25, 0.3) is 0 Å². The van der Waals surface area contributed by atoms with Crippen molar-refractivity contribution < 1.29 is 9.53 Å². The summed E-state index contributed by atoms with van der Waals surface area (Å²) in [5, 5.41) is 8.88. The van der Waals surface area contributed by atoms with E-state index in [1.54, 1.807) is 13.2 Å². The van der Waals surface area contributed by atoms with Crippen molar-refractivity contribution in [2.45, 2.75) is 57.5 Å². The van der Waals surface area contributed by atoms with Crippen LogP contribution in [-0.2, 0) is 24.2 Å². The number of methoxy groups -OCH3 is 1. The van der Waals surface area contributed by atoms with Crippen LogP contribution in [-0.4, -0.2) is 44.2 Å². The monoisotopic (exact) mass is 355 g/mol. The van der Waals surface area contributed by atoms with Gasteiger partial charge in [-0.15, -0.1) is 10.2 Å². The Labute approximate surface area is 153 Å². The quantitative estimate of drug-likeness (QED) is 0.841. The van der Waals surface area contributed by atoms with E-state index in [1.807, 2.05) is 17.0 Å². The molecule has 1 saturated heterocycles. The lowest BCUT2D eigenvalue weighted by Crippen LogP contribution is -2.33. The van der Waals surface area contributed by atoms with Gasteiger partial charge in [-0.25, -0.2) is 4.98 Å². The van der Waals surface area contributed by atoms with Crippen LogP contribution < -0.4 is 4.74 Å². The molecule has 2 aliphatic heterocycles. The second-order valence-electron chi connectivity index (χ2n) is 7.03. The van der Waals surface area contributed by atoms with E-state index in [0.29, 0.717) is 5.88 Å². The second kappa shape index (κ2) is 7.43. The van der Waals surface area contributed by atoms with Crippen LogP contribution in [0.25, 0.3) is 0 Å². The lowest BCUT2D eigenvalue weighted by molar-refractivity contribution is -0.131. The number of aromatic nitrogens is 4. The zero-order valence-corrected chi connectivity index (χ0v) is 15.2. The summed E-state index contributed by atoms with van der Waals surface area (Å²) in [6.45, 7) is 1.74. The summed E-state index contributed by atoms with van der Waals surface area (Å²) in [4.78, 5) is 19.3. The topological polar surface area (TPSA) is 73.1 Å². The molecule has 0 spiro atoms. The number of hydrogen-bond donors (Lipinski definition) is 0. The number of ether oxygens (including phenoxy) is 1. The van der Waals surface area contributed by atoms with E-state index in [2.05, 4.69) is 19.7 Å². The number of aryl methyl sites for hydroxylation is 1. The van der Waals surface area contributed by atoms with Crippen molar-refractivity contribution in [3.63, 3.8) is 0 Å². The molecular weight excluding hydrogens is 330 g/mol. The standard InChI is InChI=1S/C19H25N5O2/c1-26-17-10-5-7-14(20-17)13-18(25)23-12-6-8-15(23)19-22-21-16-9-3-2-4-11-24(16)19/h5,7,10,15H,2-4,6,8-9,11-13H2,1H3. The highest BCUT2D eigenvalue weighted by Crippen LogP contribution is 2.32. The Morgan fingerprint density at radius 3 is 3.00 bits per heavy atom. The highest BCUT2D eigenvalue weighted by Gasteiger charge is 2.34. The van der Waals surface area contributed by atoms with Crippen LogP contribution in [0.1, 0.15) is 55.5 Å². The first-order chi connectivity index (χ1) is 12.8. The normalized spacial score (nSPS) is 19.9. The van der Waals surface area contributed by atoms with E-state index in [1.165, 1.54) is 12.8 Å². The molecule has 0 aromatic carbocycles. The molecule has 1 amide bonds. The fourth-order valence-corrected chi connectivity index (χ4v) is 4.01. The van der Waals surface area contributed by atoms with E-state index in [-0.39, 0.29) is 18.4 Å². The first-order valence-electron chi connectivity index (χ1n) is 9.47. The molecule has 138 valence electrons. The molecule has 0 bridgehead atoms. The van der Waals surface area contributed by atoms with Crippen molar-refractivity contribution in [2.75, 3.05) is 13.7 Å². The largest absolute Gasteiger partial charge is 0.481 e. The van der Waals surface area contributed by atoms with Crippen LogP contribution in [0.2, 0.25) is 0 Å². The van der Waals surface area contributed by atoms with E-state index in [4.69, 9.17) is 4.74 Å². The van der Waals surface area contributed by atoms with Gasteiger partial charge in [0.15, 0.2) is 5.82 Å². The van der Waals surface area contributed by atoms with Crippen LogP contribution in [0.4, 0.5) is 0 Å². The Hall–Kier alpha value is -2.44. The molecule has 1 unspecified atom stereocenters. The maximum absolute atomic E-state index is 12.9. The SMILES string of the molecule is COc1cccc(CC(=O)N2CCCC2c2nnc3n2CCCCC3)n1. The van der Waals surface area contributed by atoms with Crippen LogP contribution >= 0.6 is 0 Å². The predicted octanol–water partition coefficient (Wildman–Crippen LogP) is 2.31. The molecule has 4 rings (SSSR count). The van der Waals surface area contributed by atoms with Gasteiger partial charge in [-0.1, -0.05) is 12.5 Å². The van der Waals surface area contributed by atoms with Gasteiger partial charge in [-0.2, -0.15) is 0 Å². The lowest BCUT2D eigenvalue weighted by atomic mass is 10.2. The number of rotatable bonds is 4. The molecule has 2 aliphatic rings. The molecule has 0 N–H and O–H groups in total. The third kappa shape index (κ3) is 3.30. The minimum absolute atomic E-state index is 0.0347. The predicted molar refractivity (Wildman–Crippen MR) is 95.8 cm³/mol. The van der Waals surface area contributed by atoms with Crippen molar-refractivity contribution >= 4 is 5.91 Å². The molecule has 0 aliphatic carbocycles. The van der Waals surface area contributed by atoms with Crippen LogP contribution in [0.5, 0.6) is 5.88 Å². The zero-order valence-electron chi connectivity index (χ0n) is 15.2. The third-order valence-corrected chi connectivity index (χ3v) is 5.33. The summed E-state index contributed by atoms with van der Waals surface area (Å²) in [5.41, 5.74) is 0.736. The molecule has 0 radical (unpaired) electrons. The highest BCUT2D eigenvalue weighted by molar-refractivity contribution is 5.79. The van der Waals surface area contributed by atoms with Gasteiger partial charge in [0.2, 0.25) is 11.8 Å². The smallest absolute Gasteiger partial charge is 0.229 e. The molecule has 1 fully saturated rings. The molecule has 1 atom stereocenters. The van der Waals surface area contributed by atoms with Gasteiger partial charge in [0.05, 0.1) is 25.3 Å². The summed E-state index contributed by atoms with van der Waals surface area (Å²) in [5.74, 6) is 2.67. The molecule has 7 nitrogen and oxygen atoms in total. The van der Waals surface area contributed by atoms with Gasteiger partial charge in [-0.05, 0) is 31.7 Å². The van der Waals surface area contributed by atoms with E-state index in [0.717, 1.165) is 56.1 Å². The van der Waals surface area contributed by atoms with Gasteiger partial charge in [0, 0.05) is 25.6 Å². The van der Waals surface area contributed by atoms with Crippen LogP contribution in [0, 0.1) is 0 Å². The third-order valence-electron chi connectivity index (χ3n) is 5.33. The molecule has 2 aromatic heterocycles. The maximum atomic E-state index is 12.9. The molecule has 26 heavy (non-hydrogen) atoms. The van der Waals surface area contributed by atoms with Crippen molar-refractivity contribution in [1.82, 2.24) is 24.6 Å². The van der Waals surface area contributed by atoms with Gasteiger partial charge in [0.1, 0.15) is 5.82 Å². The molecule has 2 aromatic rings. The van der Waals surface area contributed by atoms with E-state index < -0.39 is 0 Å². The first kappa shape index (κ1) is 17.0. The van der Waals surface area contributed by atoms with Crippen LogP contribution in [0.3, 0.4) is 0 Å². The average Bonchev–Trinajstić information content (AvgIpc) is 3.23. The van der Waals surface area contributed by atoms with Crippen molar-refractivity contribution in [3.8, 4) is 5.88 Å². The number of amides is 1. The van der Waals surface area contributed by atoms with E-state index >= 15 is 0 Å². The summed E-state index contributed by atoms with van der Waals surface area (Å²) in [6.07, 6.45) is 6.80.